The minimum Gasteiger partial charge on any atom is -0.466 e. The molecule has 0 radical (unpaired) electrons. The SMILES string of the molecule is COC(=O)/C=C/c1coc2c(ccc3ocnc32)c1=O. The van der Waals surface area contributed by atoms with E-state index in [1.807, 2.05) is 0 Å². The molecule has 0 bridgehead atoms. The zero-order chi connectivity index (χ0) is 14.1. The molecule has 0 saturated heterocycles. The number of fused-ring (bicyclic) bond motifs is 3. The van der Waals surface area contributed by atoms with Crippen LogP contribution < -0.4 is 5.43 Å². The Morgan fingerprint density at radius 3 is 3.00 bits per heavy atom. The fourth-order valence-electron chi connectivity index (χ4n) is 1.88. The number of hydrogen-bond acceptors (Lipinski definition) is 6. The number of ether oxygens (including phenoxy) is 1. The van der Waals surface area contributed by atoms with Gasteiger partial charge in [-0.05, 0) is 18.2 Å². The van der Waals surface area contributed by atoms with E-state index in [4.69, 9.17) is 8.83 Å². The quantitative estimate of drug-likeness (QED) is 0.524. The molecule has 0 spiro atoms. The molecule has 0 aliphatic rings. The molecule has 0 N–H and O–H groups in total. The first-order chi connectivity index (χ1) is 9.70. The molecule has 0 aliphatic heterocycles. The standard InChI is InChI=1S/C14H9NO5/c1-18-11(16)5-2-8-6-19-14-9(13(8)17)3-4-10-12(14)15-7-20-10/h2-7H,1H3/b5-2+. The van der Waals surface area contributed by atoms with E-state index < -0.39 is 5.97 Å². The van der Waals surface area contributed by atoms with Crippen molar-refractivity contribution in [2.75, 3.05) is 7.11 Å². The minimum atomic E-state index is -0.545. The zero-order valence-electron chi connectivity index (χ0n) is 10.5. The third kappa shape index (κ3) is 1.87. The van der Waals surface area contributed by atoms with Crippen molar-refractivity contribution in [2.45, 2.75) is 0 Å². The van der Waals surface area contributed by atoms with Crippen LogP contribution in [0.4, 0.5) is 0 Å². The summed E-state index contributed by atoms with van der Waals surface area (Å²) in [6.45, 7) is 0. The highest BCUT2D eigenvalue weighted by Crippen LogP contribution is 2.22. The second-order valence-corrected chi connectivity index (χ2v) is 4.02. The van der Waals surface area contributed by atoms with Crippen molar-refractivity contribution in [2.24, 2.45) is 0 Å². The van der Waals surface area contributed by atoms with Crippen LogP contribution in [0.25, 0.3) is 28.1 Å². The van der Waals surface area contributed by atoms with Gasteiger partial charge in [0, 0.05) is 6.08 Å². The number of benzene rings is 1. The number of carbonyl (C=O) groups excluding carboxylic acids is 1. The second kappa shape index (κ2) is 4.65. The molecule has 2 aromatic heterocycles. The summed E-state index contributed by atoms with van der Waals surface area (Å²) in [6, 6.07) is 3.25. The molecule has 0 atom stereocenters. The zero-order valence-corrected chi connectivity index (χ0v) is 10.5. The Morgan fingerprint density at radius 1 is 1.35 bits per heavy atom. The second-order valence-electron chi connectivity index (χ2n) is 4.02. The smallest absolute Gasteiger partial charge is 0.330 e. The van der Waals surface area contributed by atoms with Gasteiger partial charge in [-0.3, -0.25) is 4.79 Å². The summed E-state index contributed by atoms with van der Waals surface area (Å²) in [7, 11) is 1.26. The van der Waals surface area contributed by atoms with Crippen molar-refractivity contribution in [1.29, 1.82) is 0 Å². The van der Waals surface area contributed by atoms with Gasteiger partial charge in [-0.2, -0.15) is 0 Å². The maximum atomic E-state index is 12.3. The van der Waals surface area contributed by atoms with Crippen molar-refractivity contribution in [3.8, 4) is 0 Å². The van der Waals surface area contributed by atoms with Crippen LogP contribution in [0.5, 0.6) is 0 Å². The van der Waals surface area contributed by atoms with Gasteiger partial charge in [-0.25, -0.2) is 9.78 Å². The number of methoxy groups -OCH3 is 1. The maximum Gasteiger partial charge on any atom is 0.330 e. The van der Waals surface area contributed by atoms with E-state index >= 15 is 0 Å². The Labute approximate surface area is 112 Å². The van der Waals surface area contributed by atoms with Gasteiger partial charge in [0.25, 0.3) is 0 Å². The Hall–Kier alpha value is -2.89. The summed E-state index contributed by atoms with van der Waals surface area (Å²) in [4.78, 5) is 27.3. The highest BCUT2D eigenvalue weighted by Gasteiger charge is 2.11. The normalized spacial score (nSPS) is 11.4. The van der Waals surface area contributed by atoms with Crippen molar-refractivity contribution < 1.29 is 18.4 Å². The van der Waals surface area contributed by atoms with E-state index in [-0.39, 0.29) is 11.0 Å². The van der Waals surface area contributed by atoms with E-state index in [0.29, 0.717) is 22.1 Å². The van der Waals surface area contributed by atoms with Gasteiger partial charge < -0.3 is 13.6 Å². The van der Waals surface area contributed by atoms with E-state index in [0.717, 1.165) is 6.08 Å². The maximum absolute atomic E-state index is 12.3. The van der Waals surface area contributed by atoms with Gasteiger partial charge >= 0.3 is 5.97 Å². The largest absolute Gasteiger partial charge is 0.466 e. The molecule has 0 amide bonds. The fourth-order valence-corrected chi connectivity index (χ4v) is 1.88. The lowest BCUT2D eigenvalue weighted by atomic mass is 10.1. The molecule has 2 heterocycles. The van der Waals surface area contributed by atoms with Gasteiger partial charge in [-0.1, -0.05) is 0 Å². The summed E-state index contributed by atoms with van der Waals surface area (Å²) < 4.78 is 15.0. The summed E-state index contributed by atoms with van der Waals surface area (Å²) >= 11 is 0. The first-order valence-corrected chi connectivity index (χ1v) is 5.74. The number of aromatic nitrogens is 1. The molecule has 6 heteroatoms. The highest BCUT2D eigenvalue weighted by atomic mass is 16.5. The number of carbonyl (C=O) groups is 1. The lowest BCUT2D eigenvalue weighted by Crippen LogP contribution is -2.05. The van der Waals surface area contributed by atoms with Crippen LogP contribution in [0, 0.1) is 0 Å². The Balaban J connectivity index is 2.21. The van der Waals surface area contributed by atoms with E-state index in [1.54, 1.807) is 12.1 Å². The average Bonchev–Trinajstić information content (AvgIpc) is 2.94. The van der Waals surface area contributed by atoms with E-state index in [9.17, 15) is 9.59 Å². The Morgan fingerprint density at radius 2 is 2.20 bits per heavy atom. The molecule has 3 aromatic rings. The molecule has 0 unspecified atom stereocenters. The summed E-state index contributed by atoms with van der Waals surface area (Å²) in [5, 5.41) is 0.374. The Kier molecular flexibility index (Phi) is 2.83. The third-order valence-electron chi connectivity index (χ3n) is 2.87. The highest BCUT2D eigenvalue weighted by molar-refractivity contribution is 5.99. The van der Waals surface area contributed by atoms with Gasteiger partial charge in [0.15, 0.2) is 28.5 Å². The van der Waals surface area contributed by atoms with Crippen LogP contribution in [-0.2, 0) is 9.53 Å². The average molecular weight is 271 g/mol. The van der Waals surface area contributed by atoms with Crippen LogP contribution in [0.3, 0.4) is 0 Å². The minimum absolute atomic E-state index is 0.253. The van der Waals surface area contributed by atoms with Crippen molar-refractivity contribution in [3.05, 3.63) is 46.7 Å². The molecule has 1 aromatic carbocycles. The molecule has 100 valence electrons. The number of nitrogens with zero attached hydrogens (tertiary/aromatic N) is 1. The first-order valence-electron chi connectivity index (χ1n) is 5.74. The summed E-state index contributed by atoms with van der Waals surface area (Å²) in [5.74, 6) is -0.545. The Bertz CT molecular complexity index is 887. The third-order valence-corrected chi connectivity index (χ3v) is 2.87. The molecule has 20 heavy (non-hydrogen) atoms. The lowest BCUT2D eigenvalue weighted by Gasteiger charge is -1.98. The van der Waals surface area contributed by atoms with Crippen molar-refractivity contribution in [3.63, 3.8) is 0 Å². The molecule has 0 aliphatic carbocycles. The van der Waals surface area contributed by atoms with Gasteiger partial charge in [0.1, 0.15) is 6.26 Å². The van der Waals surface area contributed by atoms with Crippen LogP contribution >= 0.6 is 0 Å². The van der Waals surface area contributed by atoms with Crippen molar-refractivity contribution >= 4 is 34.1 Å². The van der Waals surface area contributed by atoms with Crippen LogP contribution in [0.15, 0.2) is 44.5 Å². The van der Waals surface area contributed by atoms with Gasteiger partial charge in [-0.15, -0.1) is 0 Å². The van der Waals surface area contributed by atoms with Gasteiger partial charge in [0.05, 0.1) is 18.1 Å². The van der Waals surface area contributed by atoms with Crippen LogP contribution in [0.2, 0.25) is 0 Å². The summed E-state index contributed by atoms with van der Waals surface area (Å²) in [5.41, 5.74) is 1.39. The topological polar surface area (TPSA) is 82.5 Å². The fraction of sp³-hybridized carbons (Fsp3) is 0.0714. The number of esters is 1. The summed E-state index contributed by atoms with van der Waals surface area (Å²) in [6.07, 6.45) is 5.07. The molecule has 0 saturated carbocycles. The lowest BCUT2D eigenvalue weighted by molar-refractivity contribution is -0.134. The van der Waals surface area contributed by atoms with E-state index in [1.165, 1.54) is 25.8 Å². The molecular formula is C14H9NO5. The number of hydrogen-bond donors (Lipinski definition) is 0. The predicted molar refractivity (Wildman–Crippen MR) is 71.1 cm³/mol. The molecule has 0 fully saturated rings. The monoisotopic (exact) mass is 271 g/mol. The van der Waals surface area contributed by atoms with E-state index in [2.05, 4.69) is 9.72 Å². The predicted octanol–water partition coefficient (Wildman–Crippen LogP) is 2.12. The van der Waals surface area contributed by atoms with Gasteiger partial charge in [0.2, 0.25) is 0 Å². The molecule has 6 nitrogen and oxygen atoms in total. The van der Waals surface area contributed by atoms with Crippen LogP contribution in [0.1, 0.15) is 5.56 Å². The molecular weight excluding hydrogens is 262 g/mol. The number of rotatable bonds is 2. The first kappa shape index (κ1) is 12.2. The molecule has 3 rings (SSSR count). The number of oxazole rings is 1. The van der Waals surface area contributed by atoms with Crippen LogP contribution in [-0.4, -0.2) is 18.1 Å². The van der Waals surface area contributed by atoms with Crippen molar-refractivity contribution in [1.82, 2.24) is 4.98 Å².